The van der Waals surface area contributed by atoms with E-state index in [4.69, 9.17) is 0 Å². The second kappa shape index (κ2) is 8.90. The van der Waals surface area contributed by atoms with E-state index in [1.54, 1.807) is 0 Å². The van der Waals surface area contributed by atoms with Crippen LogP contribution in [-0.2, 0) is 23.9 Å². The molecule has 0 aromatic heterocycles. The minimum atomic E-state index is -5.43. The Labute approximate surface area is 138 Å². The van der Waals surface area contributed by atoms with Crippen LogP contribution in [0.4, 0.5) is 26.3 Å². The summed E-state index contributed by atoms with van der Waals surface area (Å²) < 4.78 is 82.8. The van der Waals surface area contributed by atoms with Crippen LogP contribution in [0.5, 0.6) is 0 Å². The van der Waals surface area contributed by atoms with Gasteiger partial charge in [-0.3, -0.25) is 9.59 Å². The number of alkyl halides is 6. The molecule has 0 radical (unpaired) electrons. The number of carbonyl (C=O) groups is 3. The molecule has 0 saturated carbocycles. The Hall–Kier alpha value is -2.01. The lowest BCUT2D eigenvalue weighted by atomic mass is 9.92. The molecule has 0 aliphatic rings. The number of esters is 2. The standard InChI is InChI=1S/C13H17F6NO5/c1-4-6(2)9(20-10(22)12(14,15)16)7(5-8(21)24-3)25-11(23)13(17,18)19/h6-7,9H,4-5H2,1-3H3,(H,20,22)/t6-,7+,9+/m0/s1. The van der Waals surface area contributed by atoms with Gasteiger partial charge < -0.3 is 14.8 Å². The number of rotatable bonds is 7. The number of nitrogens with one attached hydrogen (secondary N) is 1. The van der Waals surface area contributed by atoms with Gasteiger partial charge in [0.1, 0.15) is 6.10 Å². The van der Waals surface area contributed by atoms with E-state index in [1.807, 2.05) is 0 Å². The number of hydrogen-bond donors (Lipinski definition) is 1. The van der Waals surface area contributed by atoms with Crippen molar-refractivity contribution >= 4 is 17.8 Å². The third-order valence-electron chi connectivity index (χ3n) is 3.30. The van der Waals surface area contributed by atoms with Crippen LogP contribution in [0.3, 0.4) is 0 Å². The number of ether oxygens (including phenoxy) is 2. The van der Waals surface area contributed by atoms with Crippen molar-refractivity contribution in [3.8, 4) is 0 Å². The van der Waals surface area contributed by atoms with E-state index in [0.29, 0.717) is 0 Å². The molecule has 0 unspecified atom stereocenters. The van der Waals surface area contributed by atoms with Crippen LogP contribution in [0.25, 0.3) is 0 Å². The van der Waals surface area contributed by atoms with E-state index < -0.39 is 54.7 Å². The van der Waals surface area contributed by atoms with Crippen molar-refractivity contribution in [2.75, 3.05) is 7.11 Å². The maximum absolute atomic E-state index is 12.4. The minimum Gasteiger partial charge on any atom is -0.469 e. The highest BCUT2D eigenvalue weighted by Gasteiger charge is 2.46. The molecule has 0 fully saturated rings. The van der Waals surface area contributed by atoms with Gasteiger partial charge in [0.25, 0.3) is 0 Å². The topological polar surface area (TPSA) is 81.7 Å². The Bertz CT molecular complexity index is 490. The third-order valence-corrected chi connectivity index (χ3v) is 3.30. The van der Waals surface area contributed by atoms with Gasteiger partial charge in [-0.2, -0.15) is 26.3 Å². The minimum absolute atomic E-state index is 0.115. The molecule has 1 amide bonds. The van der Waals surface area contributed by atoms with Gasteiger partial charge >= 0.3 is 30.2 Å². The van der Waals surface area contributed by atoms with E-state index in [-0.39, 0.29) is 6.42 Å². The normalized spacial score (nSPS) is 15.7. The predicted molar refractivity (Wildman–Crippen MR) is 70.0 cm³/mol. The van der Waals surface area contributed by atoms with Crippen molar-refractivity contribution in [3.63, 3.8) is 0 Å². The highest BCUT2D eigenvalue weighted by molar-refractivity contribution is 5.82. The summed E-state index contributed by atoms with van der Waals surface area (Å²) >= 11 is 0. The third kappa shape index (κ3) is 7.61. The van der Waals surface area contributed by atoms with Gasteiger partial charge in [-0.25, -0.2) is 4.79 Å². The molecule has 0 aliphatic heterocycles. The fraction of sp³-hybridized carbons (Fsp3) is 0.769. The lowest BCUT2D eigenvalue weighted by Crippen LogP contribution is -2.53. The summed E-state index contributed by atoms with van der Waals surface area (Å²) in [5.74, 6) is -7.11. The van der Waals surface area contributed by atoms with Gasteiger partial charge in [0.2, 0.25) is 0 Å². The summed E-state index contributed by atoms with van der Waals surface area (Å²) in [5, 5.41) is 1.48. The molecule has 3 atom stereocenters. The molecular formula is C13H17F6NO5. The van der Waals surface area contributed by atoms with Gasteiger partial charge in [0.05, 0.1) is 19.6 Å². The molecule has 25 heavy (non-hydrogen) atoms. The average Bonchev–Trinajstić information content (AvgIpc) is 2.48. The molecule has 0 saturated heterocycles. The van der Waals surface area contributed by atoms with Gasteiger partial charge in [0, 0.05) is 0 Å². The van der Waals surface area contributed by atoms with Crippen LogP contribution in [0.2, 0.25) is 0 Å². The van der Waals surface area contributed by atoms with Gasteiger partial charge in [-0.1, -0.05) is 20.3 Å². The summed E-state index contributed by atoms with van der Waals surface area (Å²) in [6.07, 6.45) is -13.6. The molecule has 1 N–H and O–H groups in total. The first-order valence-electron chi connectivity index (χ1n) is 6.96. The van der Waals surface area contributed by atoms with Crippen molar-refractivity contribution in [3.05, 3.63) is 0 Å². The van der Waals surface area contributed by atoms with Crippen molar-refractivity contribution in [2.45, 2.75) is 51.2 Å². The fourth-order valence-electron chi connectivity index (χ4n) is 1.78. The number of amides is 1. The molecule has 12 heteroatoms. The lowest BCUT2D eigenvalue weighted by molar-refractivity contribution is -0.208. The molecule has 0 bridgehead atoms. The highest BCUT2D eigenvalue weighted by Crippen LogP contribution is 2.24. The van der Waals surface area contributed by atoms with E-state index in [2.05, 4.69) is 9.47 Å². The van der Waals surface area contributed by atoms with Crippen LogP contribution in [-0.4, -0.2) is 49.5 Å². The Kier molecular flexibility index (Phi) is 8.19. The maximum atomic E-state index is 12.4. The predicted octanol–water partition coefficient (Wildman–Crippen LogP) is 2.12. The van der Waals surface area contributed by atoms with Gasteiger partial charge in [-0.15, -0.1) is 0 Å². The monoisotopic (exact) mass is 381 g/mol. The lowest BCUT2D eigenvalue weighted by Gasteiger charge is -2.31. The number of methoxy groups -OCH3 is 1. The van der Waals surface area contributed by atoms with Crippen molar-refractivity contribution in [1.29, 1.82) is 0 Å². The maximum Gasteiger partial charge on any atom is 0.490 e. The van der Waals surface area contributed by atoms with Crippen LogP contribution in [0, 0.1) is 5.92 Å². The van der Waals surface area contributed by atoms with Crippen LogP contribution >= 0.6 is 0 Å². The summed E-state index contributed by atoms with van der Waals surface area (Å²) in [6.45, 7) is 2.80. The zero-order valence-corrected chi connectivity index (χ0v) is 13.5. The van der Waals surface area contributed by atoms with Crippen LogP contribution in [0.1, 0.15) is 26.7 Å². The number of halogens is 6. The molecule has 146 valence electrons. The van der Waals surface area contributed by atoms with Gasteiger partial charge in [-0.05, 0) is 5.92 Å². The zero-order chi connectivity index (χ0) is 20.0. The van der Waals surface area contributed by atoms with E-state index >= 15 is 0 Å². The van der Waals surface area contributed by atoms with E-state index in [0.717, 1.165) is 7.11 Å². The van der Waals surface area contributed by atoms with Crippen LogP contribution < -0.4 is 5.32 Å². The largest absolute Gasteiger partial charge is 0.490 e. The van der Waals surface area contributed by atoms with Crippen molar-refractivity contribution in [1.82, 2.24) is 5.32 Å². The SMILES string of the molecule is CC[C@H](C)[C@@H](NC(=O)C(F)(F)F)[C@@H](CC(=O)OC)OC(=O)C(F)(F)F. The second-order valence-corrected chi connectivity index (χ2v) is 5.10. The Morgan fingerprint density at radius 1 is 1.04 bits per heavy atom. The van der Waals surface area contributed by atoms with Crippen molar-refractivity contribution < 1.29 is 50.2 Å². The van der Waals surface area contributed by atoms with Crippen molar-refractivity contribution in [2.24, 2.45) is 5.92 Å². The quantitative estimate of drug-likeness (QED) is 0.540. The molecule has 0 rings (SSSR count). The summed E-state index contributed by atoms with van der Waals surface area (Å²) in [4.78, 5) is 33.5. The zero-order valence-electron chi connectivity index (χ0n) is 13.5. The first kappa shape index (κ1) is 23.0. The first-order valence-corrected chi connectivity index (χ1v) is 6.96. The van der Waals surface area contributed by atoms with E-state index in [1.165, 1.54) is 19.2 Å². The van der Waals surface area contributed by atoms with E-state index in [9.17, 15) is 40.7 Å². The smallest absolute Gasteiger partial charge is 0.469 e. The van der Waals surface area contributed by atoms with Gasteiger partial charge in [0.15, 0.2) is 0 Å². The Morgan fingerprint density at radius 2 is 1.56 bits per heavy atom. The second-order valence-electron chi connectivity index (χ2n) is 5.10. The molecule has 0 heterocycles. The molecule has 0 spiro atoms. The number of hydrogen-bond acceptors (Lipinski definition) is 5. The highest BCUT2D eigenvalue weighted by atomic mass is 19.4. The Balaban J connectivity index is 5.61. The average molecular weight is 381 g/mol. The first-order chi connectivity index (χ1) is 11.2. The molecule has 6 nitrogen and oxygen atoms in total. The fourth-order valence-corrected chi connectivity index (χ4v) is 1.78. The molecular weight excluding hydrogens is 364 g/mol. The summed E-state index contributed by atoms with van der Waals surface area (Å²) in [5.41, 5.74) is 0. The summed E-state index contributed by atoms with van der Waals surface area (Å²) in [6, 6.07) is -1.69. The summed E-state index contributed by atoms with van der Waals surface area (Å²) in [7, 11) is 0.886. The molecule has 0 aromatic carbocycles. The molecule has 0 aliphatic carbocycles. The number of carbonyl (C=O) groups excluding carboxylic acids is 3. The molecule has 0 aromatic rings. The Morgan fingerprint density at radius 3 is 1.92 bits per heavy atom. The van der Waals surface area contributed by atoms with Crippen LogP contribution in [0.15, 0.2) is 0 Å².